The van der Waals surface area contributed by atoms with Gasteiger partial charge in [0, 0.05) is 44.3 Å². The normalized spacial score (nSPS) is 14.3. The van der Waals surface area contributed by atoms with Crippen LogP contribution in [-0.2, 0) is 26.5 Å². The molecule has 0 fully saturated rings. The van der Waals surface area contributed by atoms with Crippen molar-refractivity contribution in [3.63, 3.8) is 0 Å². The zero-order valence-corrected chi connectivity index (χ0v) is 43.6. The van der Waals surface area contributed by atoms with E-state index in [0.717, 1.165) is 53.9 Å². The summed E-state index contributed by atoms with van der Waals surface area (Å²) in [4.78, 5) is 4.86. The largest absolute Gasteiger partial charge is 0.510 e. The fourth-order valence-electron chi connectivity index (χ4n) is 10.6. The molecule has 1 aliphatic rings. The minimum atomic E-state index is -3.67. The van der Waals surface area contributed by atoms with Crippen LogP contribution in [0.3, 0.4) is 0 Å². The number of aromatic nitrogens is 4. The molecule has 9 heteroatoms. The molecule has 0 aliphatic carbocycles. The van der Waals surface area contributed by atoms with Crippen LogP contribution in [0.2, 0.25) is 0 Å². The van der Waals surface area contributed by atoms with Crippen LogP contribution in [0.25, 0.3) is 72.3 Å². The van der Waals surface area contributed by atoms with Crippen LogP contribution in [0.1, 0.15) is 51.2 Å². The number of hydrogen-bond acceptors (Lipinski definition) is 4. The van der Waals surface area contributed by atoms with Gasteiger partial charge in [0.2, 0.25) is 0 Å². The molecule has 0 N–H and O–H groups in total. The van der Waals surface area contributed by atoms with Crippen molar-refractivity contribution in [1.29, 1.82) is 10.5 Å². The van der Waals surface area contributed by atoms with Gasteiger partial charge in [0.25, 0.3) is 6.33 Å². The van der Waals surface area contributed by atoms with Crippen molar-refractivity contribution in [3.8, 4) is 63.1 Å². The molecule has 0 unspecified atom stereocenters. The number of nitriles is 2. The zero-order valence-electron chi connectivity index (χ0n) is 50.3. The zero-order chi connectivity index (χ0) is 58.8. The molecule has 0 radical (unpaired) electrons. The molecule has 75 heavy (non-hydrogen) atoms. The van der Waals surface area contributed by atoms with Crippen LogP contribution in [-0.4, -0.2) is 22.2 Å². The number of ether oxygens (including phenoxy) is 1. The first-order valence-corrected chi connectivity index (χ1v) is 25.8. The molecular formula is C66H44N6OPtSi-2. The van der Waals surface area contributed by atoms with Crippen LogP contribution >= 0.6 is 0 Å². The van der Waals surface area contributed by atoms with Gasteiger partial charge in [-0.25, -0.2) is 4.98 Å². The summed E-state index contributed by atoms with van der Waals surface area (Å²) in [5.74, 6) is 1.39. The molecule has 7 nitrogen and oxygen atoms in total. The molecule has 1 aliphatic heterocycles. The Bertz CT molecular complexity index is 4710. The Balaban J connectivity index is 0.00000709. The predicted molar refractivity (Wildman–Crippen MR) is 296 cm³/mol. The summed E-state index contributed by atoms with van der Waals surface area (Å²) in [6.45, 7) is 6.48. The molecule has 0 saturated heterocycles. The molecule has 12 aromatic rings. The second-order valence-electron chi connectivity index (χ2n) is 19.1. The van der Waals surface area contributed by atoms with E-state index in [9.17, 15) is 16.0 Å². The van der Waals surface area contributed by atoms with Crippen LogP contribution in [0.15, 0.2) is 212 Å². The quantitative estimate of drug-likeness (QED) is 0.0862. The maximum atomic E-state index is 10.1. The molecule has 0 saturated carbocycles. The molecule has 0 bridgehead atoms. The van der Waals surface area contributed by atoms with Gasteiger partial charge in [-0.2, -0.15) is 22.7 Å². The summed E-state index contributed by atoms with van der Waals surface area (Å²) >= 11 is 0. The predicted octanol–water partition coefficient (Wildman–Crippen LogP) is 11.7. The maximum Gasteiger partial charge on any atom is 0.268 e. The molecular weight excluding hydrogens is 1120 g/mol. The molecule has 9 aromatic carbocycles. The van der Waals surface area contributed by atoms with Gasteiger partial charge in [-0.15, -0.1) is 34.8 Å². The van der Waals surface area contributed by atoms with Gasteiger partial charge in [-0.3, -0.25) is 4.57 Å². The van der Waals surface area contributed by atoms with Crippen molar-refractivity contribution in [3.05, 3.63) is 247 Å². The van der Waals surface area contributed by atoms with Crippen molar-refractivity contribution in [2.24, 2.45) is 0 Å². The Kier molecular flexibility index (Phi) is 9.12. The third kappa shape index (κ3) is 7.64. The second-order valence-corrected chi connectivity index (χ2v) is 22.8. The van der Waals surface area contributed by atoms with Crippen molar-refractivity contribution in [2.45, 2.75) is 26.2 Å². The monoisotopic (exact) mass is 1170 g/mol. The summed E-state index contributed by atoms with van der Waals surface area (Å²) < 4.78 is 102. The van der Waals surface area contributed by atoms with Crippen molar-refractivity contribution in [1.82, 2.24) is 14.1 Å². The summed E-state index contributed by atoms with van der Waals surface area (Å²) in [7, 11) is -3.67. The number of hydrogen-bond donors (Lipinski definition) is 0. The molecule has 0 spiro atoms. The summed E-state index contributed by atoms with van der Waals surface area (Å²) in [5.41, 5.74) is 4.98. The molecule has 360 valence electrons. The van der Waals surface area contributed by atoms with Crippen LogP contribution in [0.5, 0.6) is 11.5 Å². The van der Waals surface area contributed by atoms with Crippen molar-refractivity contribution in [2.75, 3.05) is 0 Å². The molecule has 0 atom stereocenters. The molecule has 0 amide bonds. The van der Waals surface area contributed by atoms with E-state index in [-0.39, 0.29) is 54.4 Å². The number of rotatable bonds is 8. The Morgan fingerprint density at radius 3 is 1.89 bits per heavy atom. The van der Waals surface area contributed by atoms with E-state index >= 15 is 0 Å². The van der Waals surface area contributed by atoms with E-state index < -0.39 is 68.5 Å². The first-order chi connectivity index (χ1) is 40.4. The summed E-state index contributed by atoms with van der Waals surface area (Å²) in [6.07, 6.45) is 5.41. The smallest absolute Gasteiger partial charge is 0.268 e. The average molecular weight is 1170 g/mol. The standard InChI is InChI=1S/C66H44N6OSi.Pt/c1-66(2,3)48-36-37-69-63(38-48)72-57-21-11-10-18-55(57)56-34-28-49(39-59(56)72)73-50-29-35-61-60(40-50)71-43-70(64-53(46-14-6-4-7-15-46)19-12-20-54(64)47-16-8-5-9-17-47)58-22-13-23-62(65(58)71)74(61,51-30-24-44(41-67)25-31-51)52-32-26-45(42-68)27-33-52;/h4-38H,1-3H3;/q-2;/i4D,5D,6D,7D,8D,9D,14D,15D,16D,17D;. The number of para-hydroxylation sites is 3. The maximum absolute atomic E-state index is 10.1. The molecule has 4 heterocycles. The van der Waals surface area contributed by atoms with Gasteiger partial charge < -0.3 is 13.9 Å². The van der Waals surface area contributed by atoms with E-state index in [1.807, 2.05) is 95.7 Å². The van der Waals surface area contributed by atoms with Gasteiger partial charge in [0.15, 0.2) is 0 Å². The fraction of sp³-hybridized carbons (Fsp3) is 0.0606. The van der Waals surface area contributed by atoms with E-state index in [1.165, 1.54) is 0 Å². The van der Waals surface area contributed by atoms with E-state index in [1.54, 1.807) is 47.0 Å². The number of imidazole rings is 1. The Morgan fingerprint density at radius 2 is 1.25 bits per heavy atom. The topological polar surface area (TPSA) is 83.4 Å². The van der Waals surface area contributed by atoms with Crippen LogP contribution < -0.4 is 30.1 Å². The van der Waals surface area contributed by atoms with Crippen LogP contribution in [0.4, 0.5) is 0 Å². The van der Waals surface area contributed by atoms with Gasteiger partial charge in [0.05, 0.1) is 53.7 Å². The SMILES string of the molecule is [2H]c1c([2H])c([2H])c(-c2cccc(-c3c([2H])c([2H])c([2H])c([2H])c3[2H])c2-[n+]2[c-]n3c4c(cccc42)[Si](c2ccc(C#N)cc2)(c2ccc(C#N)cc2)c2ccc(Oc4[c-]c5c(cc4)c4ccccc4n5-c4cc(C(C)(C)C)ccn4)[c-]c2-3)c([2H])c1[2H].[Pt]. The molecule has 3 aromatic heterocycles. The summed E-state index contributed by atoms with van der Waals surface area (Å²) in [5, 5.41) is 25.6. The van der Waals surface area contributed by atoms with Gasteiger partial charge in [-0.05, 0) is 92.0 Å². The number of fused-ring (bicyclic) bond motifs is 5. The Hall–Kier alpha value is -8.91. The Labute approximate surface area is 464 Å². The third-order valence-corrected chi connectivity index (χ3v) is 18.7. The minimum absolute atomic E-state index is 0. The molecule has 13 rings (SSSR count). The van der Waals surface area contributed by atoms with Crippen molar-refractivity contribution < 1.29 is 44.1 Å². The van der Waals surface area contributed by atoms with Gasteiger partial charge in [0.1, 0.15) is 13.9 Å². The van der Waals surface area contributed by atoms with E-state index in [2.05, 4.69) is 74.1 Å². The van der Waals surface area contributed by atoms with Gasteiger partial charge >= 0.3 is 0 Å². The summed E-state index contributed by atoms with van der Waals surface area (Å²) in [6, 6.07) is 51.4. The van der Waals surface area contributed by atoms with Crippen molar-refractivity contribution >= 4 is 61.7 Å². The number of nitrogens with zero attached hydrogens (tertiary/aromatic N) is 6. The fourth-order valence-corrected chi connectivity index (χ4v) is 15.6. The Morgan fingerprint density at radius 1 is 0.640 bits per heavy atom. The first kappa shape index (κ1) is 36.9. The second kappa shape index (κ2) is 18.5. The first-order valence-electron chi connectivity index (χ1n) is 28.8. The van der Waals surface area contributed by atoms with E-state index in [0.29, 0.717) is 39.3 Å². The average Bonchev–Trinajstić information content (AvgIpc) is 1.71. The van der Waals surface area contributed by atoms with Gasteiger partial charge in [-0.1, -0.05) is 176 Å². The van der Waals surface area contributed by atoms with Crippen LogP contribution in [0, 0.1) is 41.1 Å². The van der Waals surface area contributed by atoms with E-state index in [4.69, 9.17) is 17.9 Å². The third-order valence-electron chi connectivity index (χ3n) is 13.9. The minimum Gasteiger partial charge on any atom is -0.510 e. The number of pyridine rings is 1. The number of benzene rings is 9.